The van der Waals surface area contributed by atoms with Crippen LogP contribution < -0.4 is 0 Å². The van der Waals surface area contributed by atoms with E-state index in [2.05, 4.69) is 10.8 Å². The molecule has 1 aliphatic rings. The van der Waals surface area contributed by atoms with Crippen molar-refractivity contribution in [3.63, 3.8) is 0 Å². The fourth-order valence-corrected chi connectivity index (χ4v) is 2.34. The normalized spacial score (nSPS) is 18.2. The Labute approximate surface area is 108 Å². The van der Waals surface area contributed by atoms with Crippen LogP contribution in [-0.2, 0) is 9.53 Å². The molecule has 0 bridgehead atoms. The summed E-state index contributed by atoms with van der Waals surface area (Å²) in [6.45, 7) is 1.79. The fraction of sp³-hybridized carbons (Fsp3) is 0.533. The first-order chi connectivity index (χ1) is 8.63. The highest BCUT2D eigenvalue weighted by atomic mass is 16.5. The molecule has 1 aliphatic carbocycles. The molecule has 2 atom stereocenters. The molecule has 1 saturated carbocycles. The third kappa shape index (κ3) is 2.91. The first-order valence-electron chi connectivity index (χ1n) is 6.48. The first-order valence-corrected chi connectivity index (χ1v) is 6.48. The summed E-state index contributed by atoms with van der Waals surface area (Å²) in [7, 11) is 1.38. The van der Waals surface area contributed by atoms with E-state index < -0.39 is 6.10 Å². The Morgan fingerprint density at radius 3 is 2.72 bits per heavy atom. The molecule has 1 fully saturated rings. The van der Waals surface area contributed by atoms with E-state index in [4.69, 9.17) is 0 Å². The lowest BCUT2D eigenvalue weighted by atomic mass is 9.93. The summed E-state index contributed by atoms with van der Waals surface area (Å²) in [5.74, 6) is 0.0551. The van der Waals surface area contributed by atoms with Gasteiger partial charge in [-0.05, 0) is 36.3 Å². The summed E-state index contributed by atoms with van der Waals surface area (Å²) in [5, 5.41) is 10.3. The Morgan fingerprint density at radius 1 is 1.44 bits per heavy atom. The highest BCUT2D eigenvalue weighted by molar-refractivity contribution is 5.71. The van der Waals surface area contributed by atoms with Crippen molar-refractivity contribution in [1.29, 1.82) is 0 Å². The molecule has 3 heteroatoms. The maximum absolute atomic E-state index is 11.4. The van der Waals surface area contributed by atoms with E-state index in [0.29, 0.717) is 12.3 Å². The maximum atomic E-state index is 11.4. The summed E-state index contributed by atoms with van der Waals surface area (Å²) in [6, 6.07) is 7.99. The van der Waals surface area contributed by atoms with Gasteiger partial charge in [-0.2, -0.15) is 0 Å². The Bertz CT molecular complexity index is 424. The zero-order chi connectivity index (χ0) is 13.1. The minimum absolute atomic E-state index is 0.266. The third-order valence-corrected chi connectivity index (χ3v) is 3.55. The van der Waals surface area contributed by atoms with Crippen molar-refractivity contribution in [2.75, 3.05) is 7.11 Å². The molecule has 0 spiro atoms. The number of benzene rings is 1. The monoisotopic (exact) mass is 248 g/mol. The summed E-state index contributed by atoms with van der Waals surface area (Å²) in [4.78, 5) is 11.4. The average molecular weight is 248 g/mol. The molecule has 18 heavy (non-hydrogen) atoms. The first kappa shape index (κ1) is 13.1. The van der Waals surface area contributed by atoms with Crippen LogP contribution in [0.4, 0.5) is 0 Å². The van der Waals surface area contributed by atoms with E-state index in [1.54, 1.807) is 6.92 Å². The van der Waals surface area contributed by atoms with Crippen LogP contribution in [0, 0.1) is 5.92 Å². The second-order valence-corrected chi connectivity index (χ2v) is 5.08. The number of methoxy groups -OCH3 is 1. The maximum Gasteiger partial charge on any atom is 0.308 e. The standard InChI is InChI=1S/C15H20O3/c1-10(15(17)18-2)9-14(16)13-6-4-3-5-12(13)11-7-8-11/h3-6,10-11,14,16H,7-9H2,1-2H3. The number of aliphatic hydroxyl groups is 1. The van der Waals surface area contributed by atoms with Gasteiger partial charge in [0.15, 0.2) is 0 Å². The molecular weight excluding hydrogens is 228 g/mol. The average Bonchev–Trinajstić information content (AvgIpc) is 3.21. The lowest BCUT2D eigenvalue weighted by Crippen LogP contribution is -2.16. The summed E-state index contributed by atoms with van der Waals surface area (Å²) < 4.78 is 4.69. The molecule has 1 N–H and O–H groups in total. The number of hydrogen-bond acceptors (Lipinski definition) is 3. The van der Waals surface area contributed by atoms with E-state index in [-0.39, 0.29) is 11.9 Å². The van der Waals surface area contributed by atoms with Gasteiger partial charge in [-0.25, -0.2) is 0 Å². The molecule has 1 aromatic carbocycles. The van der Waals surface area contributed by atoms with Crippen LogP contribution in [0.3, 0.4) is 0 Å². The zero-order valence-corrected chi connectivity index (χ0v) is 10.9. The summed E-state index contributed by atoms with van der Waals surface area (Å²) in [5.41, 5.74) is 2.21. The molecular formula is C15H20O3. The second-order valence-electron chi connectivity index (χ2n) is 5.08. The number of aliphatic hydroxyl groups excluding tert-OH is 1. The molecule has 0 amide bonds. The van der Waals surface area contributed by atoms with Crippen LogP contribution in [0.15, 0.2) is 24.3 Å². The quantitative estimate of drug-likeness (QED) is 0.815. The highest BCUT2D eigenvalue weighted by Gasteiger charge is 2.28. The second kappa shape index (κ2) is 5.53. The number of carbonyl (C=O) groups is 1. The van der Waals surface area contributed by atoms with Crippen molar-refractivity contribution >= 4 is 5.97 Å². The topological polar surface area (TPSA) is 46.5 Å². The number of hydrogen-bond donors (Lipinski definition) is 1. The van der Waals surface area contributed by atoms with Gasteiger partial charge in [-0.1, -0.05) is 31.2 Å². The SMILES string of the molecule is COC(=O)C(C)CC(O)c1ccccc1C1CC1. The van der Waals surface area contributed by atoms with Crippen LogP contribution in [0.2, 0.25) is 0 Å². The van der Waals surface area contributed by atoms with E-state index in [9.17, 15) is 9.90 Å². The van der Waals surface area contributed by atoms with Crippen LogP contribution in [-0.4, -0.2) is 18.2 Å². The van der Waals surface area contributed by atoms with E-state index >= 15 is 0 Å². The molecule has 0 saturated heterocycles. The van der Waals surface area contributed by atoms with Gasteiger partial charge in [-0.3, -0.25) is 4.79 Å². The lowest BCUT2D eigenvalue weighted by molar-refractivity contribution is -0.145. The van der Waals surface area contributed by atoms with Gasteiger partial charge in [0.1, 0.15) is 0 Å². The number of carbonyl (C=O) groups excluding carboxylic acids is 1. The van der Waals surface area contributed by atoms with Gasteiger partial charge >= 0.3 is 5.97 Å². The molecule has 1 aromatic rings. The van der Waals surface area contributed by atoms with Crippen molar-refractivity contribution in [3.8, 4) is 0 Å². The van der Waals surface area contributed by atoms with Crippen molar-refractivity contribution in [1.82, 2.24) is 0 Å². The smallest absolute Gasteiger partial charge is 0.308 e. The van der Waals surface area contributed by atoms with Crippen molar-refractivity contribution in [2.45, 2.75) is 38.2 Å². The molecule has 2 unspecified atom stereocenters. The molecule has 2 rings (SSSR count). The molecule has 3 nitrogen and oxygen atoms in total. The Balaban J connectivity index is 2.08. The largest absolute Gasteiger partial charge is 0.469 e. The Morgan fingerprint density at radius 2 is 2.11 bits per heavy atom. The van der Waals surface area contributed by atoms with E-state index in [1.165, 1.54) is 25.5 Å². The van der Waals surface area contributed by atoms with Crippen LogP contribution in [0.25, 0.3) is 0 Å². The summed E-state index contributed by atoms with van der Waals surface area (Å²) in [6.07, 6.45) is 2.24. The molecule has 0 heterocycles. The fourth-order valence-electron chi connectivity index (χ4n) is 2.34. The van der Waals surface area contributed by atoms with Crippen molar-refractivity contribution in [3.05, 3.63) is 35.4 Å². The van der Waals surface area contributed by atoms with Crippen LogP contribution >= 0.6 is 0 Å². The molecule has 0 radical (unpaired) electrons. The third-order valence-electron chi connectivity index (χ3n) is 3.55. The number of esters is 1. The summed E-state index contributed by atoms with van der Waals surface area (Å²) >= 11 is 0. The van der Waals surface area contributed by atoms with Gasteiger partial charge in [0.05, 0.1) is 19.1 Å². The van der Waals surface area contributed by atoms with Crippen molar-refractivity contribution in [2.24, 2.45) is 5.92 Å². The highest BCUT2D eigenvalue weighted by Crippen LogP contribution is 2.43. The minimum atomic E-state index is -0.587. The molecule has 0 aromatic heterocycles. The van der Waals surface area contributed by atoms with E-state index in [1.807, 2.05) is 18.2 Å². The number of ether oxygens (including phenoxy) is 1. The predicted molar refractivity (Wildman–Crippen MR) is 69.2 cm³/mol. The van der Waals surface area contributed by atoms with Gasteiger partial charge in [0.2, 0.25) is 0 Å². The van der Waals surface area contributed by atoms with Gasteiger partial charge < -0.3 is 9.84 Å². The van der Waals surface area contributed by atoms with Crippen LogP contribution in [0.1, 0.15) is 49.3 Å². The molecule has 98 valence electrons. The van der Waals surface area contributed by atoms with Gasteiger partial charge in [0, 0.05) is 0 Å². The predicted octanol–water partition coefficient (Wildman–Crippen LogP) is 2.80. The Kier molecular flexibility index (Phi) is 4.02. The minimum Gasteiger partial charge on any atom is -0.469 e. The van der Waals surface area contributed by atoms with Crippen molar-refractivity contribution < 1.29 is 14.6 Å². The zero-order valence-electron chi connectivity index (χ0n) is 10.9. The van der Waals surface area contributed by atoms with E-state index in [0.717, 1.165) is 5.56 Å². The Hall–Kier alpha value is -1.35. The number of rotatable bonds is 5. The van der Waals surface area contributed by atoms with Crippen LogP contribution in [0.5, 0.6) is 0 Å². The molecule has 0 aliphatic heterocycles. The van der Waals surface area contributed by atoms with Gasteiger partial charge in [-0.15, -0.1) is 0 Å². The lowest BCUT2D eigenvalue weighted by Gasteiger charge is -2.18. The van der Waals surface area contributed by atoms with Gasteiger partial charge in [0.25, 0.3) is 0 Å².